The number of hydrogen-bond acceptors (Lipinski definition) is 3. The van der Waals surface area contributed by atoms with Crippen LogP contribution in [0.25, 0.3) is 0 Å². The topological polar surface area (TPSA) is 53.2 Å². The SMILES string of the molecule is CC1CNC(C(=O)NCC2CC3CCC2C3)CN1. The summed E-state index contributed by atoms with van der Waals surface area (Å²) >= 11 is 0. The summed E-state index contributed by atoms with van der Waals surface area (Å²) in [5, 5.41) is 9.80. The third-order valence-electron chi connectivity index (χ3n) is 5.08. The molecule has 18 heavy (non-hydrogen) atoms. The van der Waals surface area contributed by atoms with E-state index in [0.717, 1.165) is 37.4 Å². The first-order valence-corrected chi connectivity index (χ1v) is 7.47. The highest BCUT2D eigenvalue weighted by Gasteiger charge is 2.39. The smallest absolute Gasteiger partial charge is 0.238 e. The van der Waals surface area contributed by atoms with E-state index in [2.05, 4.69) is 22.9 Å². The molecule has 3 aliphatic rings. The molecule has 0 aromatic rings. The van der Waals surface area contributed by atoms with Crippen LogP contribution in [-0.2, 0) is 4.79 Å². The Labute approximate surface area is 109 Å². The van der Waals surface area contributed by atoms with Crippen molar-refractivity contribution in [1.82, 2.24) is 16.0 Å². The minimum absolute atomic E-state index is 0.0419. The third kappa shape index (κ3) is 2.54. The fourth-order valence-corrected chi connectivity index (χ4v) is 3.95. The lowest BCUT2D eigenvalue weighted by atomic mass is 9.89. The van der Waals surface area contributed by atoms with Gasteiger partial charge in [-0.1, -0.05) is 6.42 Å². The number of rotatable bonds is 3. The van der Waals surface area contributed by atoms with E-state index in [1.165, 1.54) is 25.7 Å². The summed E-state index contributed by atoms with van der Waals surface area (Å²) < 4.78 is 0. The van der Waals surface area contributed by atoms with E-state index >= 15 is 0 Å². The molecule has 2 bridgehead atoms. The second kappa shape index (κ2) is 5.17. The van der Waals surface area contributed by atoms with Gasteiger partial charge in [-0.3, -0.25) is 4.79 Å². The van der Waals surface area contributed by atoms with Gasteiger partial charge in [0.15, 0.2) is 0 Å². The van der Waals surface area contributed by atoms with Gasteiger partial charge in [0.2, 0.25) is 5.91 Å². The summed E-state index contributed by atoms with van der Waals surface area (Å²) in [6.45, 7) is 4.67. The molecule has 0 aromatic heterocycles. The van der Waals surface area contributed by atoms with Crippen LogP contribution in [0.15, 0.2) is 0 Å². The van der Waals surface area contributed by atoms with E-state index < -0.39 is 0 Å². The van der Waals surface area contributed by atoms with Crippen molar-refractivity contribution in [2.75, 3.05) is 19.6 Å². The monoisotopic (exact) mass is 251 g/mol. The zero-order valence-corrected chi connectivity index (χ0v) is 11.2. The van der Waals surface area contributed by atoms with E-state index in [1.54, 1.807) is 0 Å². The molecule has 1 heterocycles. The predicted molar refractivity (Wildman–Crippen MR) is 71.2 cm³/mol. The molecule has 2 aliphatic carbocycles. The molecule has 1 saturated heterocycles. The Morgan fingerprint density at radius 1 is 1.22 bits per heavy atom. The Morgan fingerprint density at radius 2 is 2.11 bits per heavy atom. The van der Waals surface area contributed by atoms with Crippen molar-refractivity contribution < 1.29 is 4.79 Å². The van der Waals surface area contributed by atoms with Crippen molar-refractivity contribution in [1.29, 1.82) is 0 Å². The second-order valence-electron chi connectivity index (χ2n) is 6.45. The van der Waals surface area contributed by atoms with Crippen molar-refractivity contribution in [3.8, 4) is 0 Å². The van der Waals surface area contributed by atoms with E-state index in [1.807, 2.05) is 0 Å². The number of carbonyl (C=O) groups is 1. The van der Waals surface area contributed by atoms with Gasteiger partial charge < -0.3 is 16.0 Å². The van der Waals surface area contributed by atoms with Crippen LogP contribution in [0.1, 0.15) is 32.6 Å². The molecule has 5 unspecified atom stereocenters. The van der Waals surface area contributed by atoms with E-state index in [4.69, 9.17) is 0 Å². The van der Waals surface area contributed by atoms with E-state index in [9.17, 15) is 4.79 Å². The molecular weight excluding hydrogens is 226 g/mol. The van der Waals surface area contributed by atoms with Crippen LogP contribution in [0, 0.1) is 17.8 Å². The molecule has 4 nitrogen and oxygen atoms in total. The predicted octanol–water partition coefficient (Wildman–Crippen LogP) is 0.489. The van der Waals surface area contributed by atoms with Crippen LogP contribution in [0.2, 0.25) is 0 Å². The van der Waals surface area contributed by atoms with Gasteiger partial charge in [-0.15, -0.1) is 0 Å². The second-order valence-corrected chi connectivity index (χ2v) is 6.45. The van der Waals surface area contributed by atoms with Crippen LogP contribution in [0.3, 0.4) is 0 Å². The van der Waals surface area contributed by atoms with Crippen molar-refractivity contribution in [2.24, 2.45) is 17.8 Å². The Morgan fingerprint density at radius 3 is 2.72 bits per heavy atom. The van der Waals surface area contributed by atoms with Crippen LogP contribution in [0.5, 0.6) is 0 Å². The van der Waals surface area contributed by atoms with Crippen LogP contribution < -0.4 is 16.0 Å². The summed E-state index contributed by atoms with van der Waals surface area (Å²) in [4.78, 5) is 12.1. The first-order chi connectivity index (χ1) is 8.72. The molecule has 0 spiro atoms. The first kappa shape index (κ1) is 12.4. The standard InChI is InChI=1S/C14H25N3O/c1-9-6-16-13(8-15-9)14(18)17-7-12-5-10-2-3-11(12)4-10/h9-13,15-16H,2-8H2,1H3,(H,17,18). The minimum Gasteiger partial charge on any atom is -0.354 e. The molecule has 1 aliphatic heterocycles. The van der Waals surface area contributed by atoms with Gasteiger partial charge in [0.1, 0.15) is 0 Å². The van der Waals surface area contributed by atoms with Crippen molar-refractivity contribution in [3.05, 3.63) is 0 Å². The average molecular weight is 251 g/mol. The highest BCUT2D eigenvalue weighted by atomic mass is 16.2. The number of hydrogen-bond donors (Lipinski definition) is 3. The van der Waals surface area contributed by atoms with E-state index in [0.29, 0.717) is 6.04 Å². The van der Waals surface area contributed by atoms with E-state index in [-0.39, 0.29) is 11.9 Å². The maximum absolute atomic E-state index is 12.1. The Hall–Kier alpha value is -0.610. The van der Waals surface area contributed by atoms with Crippen LogP contribution in [-0.4, -0.2) is 37.6 Å². The molecule has 1 amide bonds. The highest BCUT2D eigenvalue weighted by Crippen LogP contribution is 2.47. The summed E-state index contributed by atoms with van der Waals surface area (Å²) in [5.41, 5.74) is 0. The molecule has 2 saturated carbocycles. The van der Waals surface area contributed by atoms with Gasteiger partial charge >= 0.3 is 0 Å². The van der Waals surface area contributed by atoms with Crippen molar-refractivity contribution in [3.63, 3.8) is 0 Å². The molecule has 5 atom stereocenters. The zero-order valence-electron chi connectivity index (χ0n) is 11.2. The number of nitrogens with one attached hydrogen (secondary N) is 3. The Balaban J connectivity index is 1.41. The molecule has 0 radical (unpaired) electrons. The van der Waals surface area contributed by atoms with Gasteiger partial charge in [0, 0.05) is 25.7 Å². The quantitative estimate of drug-likeness (QED) is 0.684. The minimum atomic E-state index is -0.0419. The summed E-state index contributed by atoms with van der Waals surface area (Å²) in [5.74, 6) is 2.79. The first-order valence-electron chi connectivity index (χ1n) is 7.47. The van der Waals surface area contributed by atoms with Gasteiger partial charge in [-0.05, 0) is 43.9 Å². The van der Waals surface area contributed by atoms with Crippen LogP contribution >= 0.6 is 0 Å². The molecule has 102 valence electrons. The molecule has 3 fully saturated rings. The Kier molecular flexibility index (Phi) is 3.57. The normalized spacial score (nSPS) is 43.1. The number of fused-ring (bicyclic) bond motifs is 2. The lowest BCUT2D eigenvalue weighted by Gasteiger charge is -2.29. The molecule has 0 aromatic carbocycles. The average Bonchev–Trinajstić information content (AvgIpc) is 2.99. The van der Waals surface area contributed by atoms with Gasteiger partial charge in [0.25, 0.3) is 0 Å². The zero-order chi connectivity index (χ0) is 12.5. The van der Waals surface area contributed by atoms with Crippen LogP contribution in [0.4, 0.5) is 0 Å². The molecular formula is C14H25N3O. The van der Waals surface area contributed by atoms with Gasteiger partial charge in [-0.2, -0.15) is 0 Å². The van der Waals surface area contributed by atoms with Crippen molar-refractivity contribution >= 4 is 5.91 Å². The van der Waals surface area contributed by atoms with Crippen molar-refractivity contribution in [2.45, 2.75) is 44.7 Å². The number of amides is 1. The maximum atomic E-state index is 12.1. The summed E-state index contributed by atoms with van der Waals surface area (Å²) in [6, 6.07) is 0.430. The highest BCUT2D eigenvalue weighted by molar-refractivity contribution is 5.82. The Bertz CT molecular complexity index is 312. The summed E-state index contributed by atoms with van der Waals surface area (Å²) in [6.07, 6.45) is 5.59. The third-order valence-corrected chi connectivity index (χ3v) is 5.08. The molecule has 3 rings (SSSR count). The summed E-state index contributed by atoms with van der Waals surface area (Å²) in [7, 11) is 0. The van der Waals surface area contributed by atoms with Gasteiger partial charge in [-0.25, -0.2) is 0 Å². The number of carbonyl (C=O) groups excluding carboxylic acids is 1. The molecule has 4 heteroatoms. The fourth-order valence-electron chi connectivity index (χ4n) is 3.95. The largest absolute Gasteiger partial charge is 0.354 e. The van der Waals surface area contributed by atoms with Gasteiger partial charge in [0.05, 0.1) is 6.04 Å². The lowest BCUT2D eigenvalue weighted by molar-refractivity contribution is -0.123. The lowest BCUT2D eigenvalue weighted by Crippen LogP contribution is -2.59. The fraction of sp³-hybridized carbons (Fsp3) is 0.929. The molecule has 3 N–H and O–H groups in total. The number of piperazine rings is 1. The maximum Gasteiger partial charge on any atom is 0.238 e.